The largest absolute Gasteiger partial charge is 0.466 e. The highest BCUT2D eigenvalue weighted by atomic mass is 16.5. The summed E-state index contributed by atoms with van der Waals surface area (Å²) in [7, 11) is 2.30. The Morgan fingerprint density at radius 3 is 2.23 bits per heavy atom. The van der Waals surface area contributed by atoms with Gasteiger partial charge in [-0.1, -0.05) is 54.6 Å². The number of Topliss-reactive ketones (excluding diaryl/α,β-unsaturated/α-hetero) is 1. The molecule has 0 fully saturated rings. The average Bonchev–Trinajstić information content (AvgIpc) is 3.14. The molecule has 2 aliphatic rings. The fourth-order valence-corrected chi connectivity index (χ4v) is 5.13. The van der Waals surface area contributed by atoms with Crippen LogP contribution in [0.1, 0.15) is 15.9 Å². The first kappa shape index (κ1) is 21.9. The number of ketones is 1. The number of para-hydroxylation sites is 1. The molecule has 0 amide bonds. The molecule has 1 heterocycles. The van der Waals surface area contributed by atoms with Crippen molar-refractivity contribution in [2.24, 2.45) is 5.73 Å². The van der Waals surface area contributed by atoms with Gasteiger partial charge in [-0.2, -0.15) is 5.26 Å². The van der Waals surface area contributed by atoms with Crippen LogP contribution in [0, 0.1) is 11.3 Å². The molecule has 35 heavy (non-hydrogen) atoms. The van der Waals surface area contributed by atoms with E-state index >= 15 is 0 Å². The van der Waals surface area contributed by atoms with Crippen LogP contribution in [0.25, 0.3) is 10.8 Å². The van der Waals surface area contributed by atoms with E-state index in [0.717, 1.165) is 19.6 Å². The lowest BCUT2D eigenvalue weighted by molar-refractivity contribution is -0.139. The van der Waals surface area contributed by atoms with Gasteiger partial charge in [0.25, 0.3) is 0 Å². The zero-order chi connectivity index (χ0) is 24.9. The molecule has 3 aromatic carbocycles. The number of benzene rings is 3. The molecule has 0 saturated carbocycles. The van der Waals surface area contributed by atoms with Gasteiger partial charge in [0, 0.05) is 11.3 Å². The van der Waals surface area contributed by atoms with Crippen molar-refractivity contribution in [3.05, 3.63) is 101 Å². The van der Waals surface area contributed by atoms with Gasteiger partial charge in [-0.15, -0.1) is 0 Å². The first-order valence-corrected chi connectivity index (χ1v) is 10.7. The summed E-state index contributed by atoms with van der Waals surface area (Å²) in [4.78, 5) is 42.3. The number of nitrogens with two attached hydrogens (primary N) is 1. The van der Waals surface area contributed by atoms with Crippen LogP contribution < -0.4 is 10.6 Å². The Morgan fingerprint density at radius 1 is 0.943 bits per heavy atom. The number of ether oxygens (including phenoxy) is 2. The molecule has 1 aliphatic carbocycles. The van der Waals surface area contributed by atoms with Crippen molar-refractivity contribution in [1.82, 2.24) is 0 Å². The number of fused-ring (bicyclic) bond motifs is 1. The standard InChI is InChI=1S/C27H19N3O5/c1-34-25(32)21-22(26(33)35-2)30(16-10-4-3-5-11-16)24(29)19(14-28)27(21)18-13-7-9-15-8-6-12-17(20(15)18)23(27)31/h3-13H,29H2,1-2H3/t27-/m0/s1. The second-order valence-corrected chi connectivity index (χ2v) is 8.04. The Hall–Kier alpha value is -4.90. The molecule has 1 atom stereocenters. The first-order valence-electron chi connectivity index (χ1n) is 10.7. The minimum absolute atomic E-state index is 0.162. The molecule has 3 aromatic rings. The fourth-order valence-electron chi connectivity index (χ4n) is 5.13. The second-order valence-electron chi connectivity index (χ2n) is 8.04. The van der Waals surface area contributed by atoms with E-state index in [1.807, 2.05) is 12.1 Å². The third kappa shape index (κ3) is 2.69. The fraction of sp³-hybridized carbons (Fsp3) is 0.111. The zero-order valence-corrected chi connectivity index (χ0v) is 18.9. The van der Waals surface area contributed by atoms with Crippen LogP contribution in [0.15, 0.2) is 89.4 Å². The minimum atomic E-state index is -1.98. The number of hydrogen-bond acceptors (Lipinski definition) is 8. The van der Waals surface area contributed by atoms with E-state index in [2.05, 4.69) is 6.07 Å². The van der Waals surface area contributed by atoms with Crippen molar-refractivity contribution in [2.75, 3.05) is 19.1 Å². The van der Waals surface area contributed by atoms with Crippen LogP contribution in [-0.2, 0) is 24.5 Å². The highest BCUT2D eigenvalue weighted by Crippen LogP contribution is 2.55. The van der Waals surface area contributed by atoms with Gasteiger partial charge in [0.05, 0.1) is 25.4 Å². The lowest BCUT2D eigenvalue weighted by Gasteiger charge is -2.40. The number of carbonyl (C=O) groups is 3. The Balaban J connectivity index is 2.01. The first-order chi connectivity index (χ1) is 16.9. The molecule has 172 valence electrons. The van der Waals surface area contributed by atoms with Crippen molar-refractivity contribution in [3.63, 3.8) is 0 Å². The zero-order valence-electron chi connectivity index (χ0n) is 18.9. The number of nitriles is 1. The molecule has 0 radical (unpaired) electrons. The maximum absolute atomic E-state index is 14.2. The Kier molecular flexibility index (Phi) is 4.92. The summed E-state index contributed by atoms with van der Waals surface area (Å²) in [6.07, 6.45) is 0. The van der Waals surface area contributed by atoms with E-state index in [0.29, 0.717) is 22.2 Å². The van der Waals surface area contributed by atoms with E-state index in [1.165, 1.54) is 4.90 Å². The normalized spacial score (nSPS) is 18.8. The molecule has 5 rings (SSSR count). The smallest absolute Gasteiger partial charge is 0.355 e. The molecule has 2 N–H and O–H groups in total. The highest BCUT2D eigenvalue weighted by molar-refractivity contribution is 6.28. The minimum Gasteiger partial charge on any atom is -0.466 e. The SMILES string of the molecule is COC(=O)C1=C(C(=O)OC)[C@@]2(C(=O)c3cccc4cccc2c34)C(C#N)=C(N)N1c1ccccc1. The predicted molar refractivity (Wildman–Crippen MR) is 127 cm³/mol. The molecule has 0 aromatic heterocycles. The molecule has 1 aliphatic heterocycles. The van der Waals surface area contributed by atoms with Crippen LogP contribution in [0.3, 0.4) is 0 Å². The molecule has 1 spiro atoms. The Labute approximate surface area is 200 Å². The summed E-state index contributed by atoms with van der Waals surface area (Å²) < 4.78 is 10.2. The van der Waals surface area contributed by atoms with Crippen LogP contribution >= 0.6 is 0 Å². The Morgan fingerprint density at radius 2 is 1.60 bits per heavy atom. The average molecular weight is 465 g/mol. The highest BCUT2D eigenvalue weighted by Gasteiger charge is 2.61. The van der Waals surface area contributed by atoms with E-state index in [1.54, 1.807) is 54.6 Å². The summed E-state index contributed by atoms with van der Waals surface area (Å²) in [5, 5.41) is 11.7. The van der Waals surface area contributed by atoms with Crippen LogP contribution in [0.5, 0.6) is 0 Å². The number of hydrogen-bond donors (Lipinski definition) is 1. The number of methoxy groups -OCH3 is 2. The topological polar surface area (TPSA) is 123 Å². The summed E-state index contributed by atoms with van der Waals surface area (Å²) in [6, 6.07) is 21.0. The molecular weight excluding hydrogens is 446 g/mol. The third-order valence-electron chi connectivity index (χ3n) is 6.50. The number of rotatable bonds is 3. The van der Waals surface area contributed by atoms with Gasteiger partial charge in [-0.25, -0.2) is 9.59 Å². The molecule has 8 heteroatoms. The van der Waals surface area contributed by atoms with E-state index in [9.17, 15) is 19.6 Å². The molecule has 0 bridgehead atoms. The van der Waals surface area contributed by atoms with Crippen LogP contribution in [0.2, 0.25) is 0 Å². The van der Waals surface area contributed by atoms with Gasteiger partial charge < -0.3 is 15.2 Å². The maximum atomic E-state index is 14.2. The Bertz CT molecular complexity index is 1540. The van der Waals surface area contributed by atoms with E-state index < -0.39 is 23.1 Å². The molecular formula is C27H19N3O5. The van der Waals surface area contributed by atoms with Crippen molar-refractivity contribution in [3.8, 4) is 6.07 Å². The second kappa shape index (κ2) is 7.85. The van der Waals surface area contributed by atoms with Crippen molar-refractivity contribution >= 4 is 34.2 Å². The van der Waals surface area contributed by atoms with Crippen LogP contribution in [-0.4, -0.2) is 31.9 Å². The number of esters is 2. The summed E-state index contributed by atoms with van der Waals surface area (Å²) in [5.41, 5.74) is 4.89. The quantitative estimate of drug-likeness (QED) is 0.586. The number of nitrogens with zero attached hydrogens (tertiary/aromatic N) is 2. The number of carbonyl (C=O) groups excluding carboxylic acids is 3. The van der Waals surface area contributed by atoms with Gasteiger partial charge in [-0.05, 0) is 28.5 Å². The molecule has 0 saturated heterocycles. The summed E-state index contributed by atoms with van der Waals surface area (Å²) >= 11 is 0. The van der Waals surface area contributed by atoms with Gasteiger partial charge in [0.1, 0.15) is 23.0 Å². The lowest BCUT2D eigenvalue weighted by Crippen LogP contribution is -2.50. The van der Waals surface area contributed by atoms with Crippen molar-refractivity contribution in [2.45, 2.75) is 5.41 Å². The summed E-state index contributed by atoms with van der Waals surface area (Å²) in [5.74, 6) is -2.57. The van der Waals surface area contributed by atoms with Crippen LogP contribution in [0.4, 0.5) is 5.69 Å². The molecule has 8 nitrogen and oxygen atoms in total. The van der Waals surface area contributed by atoms with Gasteiger partial charge >= 0.3 is 11.9 Å². The molecule has 0 unspecified atom stereocenters. The van der Waals surface area contributed by atoms with Crippen molar-refractivity contribution < 1.29 is 23.9 Å². The van der Waals surface area contributed by atoms with Gasteiger partial charge in [0.15, 0.2) is 5.78 Å². The van der Waals surface area contributed by atoms with Gasteiger partial charge in [0.2, 0.25) is 0 Å². The lowest BCUT2D eigenvalue weighted by atomic mass is 9.65. The number of allylic oxidation sites excluding steroid dienone is 1. The predicted octanol–water partition coefficient (Wildman–Crippen LogP) is 3.09. The van der Waals surface area contributed by atoms with E-state index in [-0.39, 0.29) is 22.7 Å². The van der Waals surface area contributed by atoms with Crippen molar-refractivity contribution in [1.29, 1.82) is 5.26 Å². The number of anilines is 1. The maximum Gasteiger partial charge on any atom is 0.355 e. The third-order valence-corrected chi connectivity index (χ3v) is 6.50. The monoisotopic (exact) mass is 465 g/mol. The van der Waals surface area contributed by atoms with E-state index in [4.69, 9.17) is 15.2 Å². The van der Waals surface area contributed by atoms with Gasteiger partial charge in [-0.3, -0.25) is 9.69 Å². The summed E-state index contributed by atoms with van der Waals surface area (Å²) in [6.45, 7) is 0.